The first-order chi connectivity index (χ1) is 14.2. The van der Waals surface area contributed by atoms with Crippen molar-refractivity contribution in [2.45, 2.75) is 17.7 Å². The van der Waals surface area contributed by atoms with Gasteiger partial charge in [0.15, 0.2) is 0 Å². The Morgan fingerprint density at radius 3 is 1.97 bits per heavy atom. The summed E-state index contributed by atoms with van der Waals surface area (Å²) in [4.78, 5) is 25.7. The number of anilines is 3. The molecule has 3 amide bonds. The van der Waals surface area contributed by atoms with E-state index < -0.39 is 0 Å². The summed E-state index contributed by atoms with van der Waals surface area (Å²) >= 11 is 1.74. The van der Waals surface area contributed by atoms with E-state index in [9.17, 15) is 9.59 Å². The summed E-state index contributed by atoms with van der Waals surface area (Å²) in [5, 5.41) is 8.43. The van der Waals surface area contributed by atoms with Gasteiger partial charge in [0.2, 0.25) is 5.91 Å². The summed E-state index contributed by atoms with van der Waals surface area (Å²) in [6.07, 6.45) is 1.19. The largest absolute Gasteiger partial charge is 0.324 e. The smallest absolute Gasteiger partial charge is 0.323 e. The third kappa shape index (κ3) is 7.01. The molecule has 148 valence electrons. The number of carbonyl (C=O) groups excluding carboxylic acids is 2. The van der Waals surface area contributed by atoms with Crippen molar-refractivity contribution in [3.05, 3.63) is 84.9 Å². The standard InChI is InChI=1S/C23H23N3O2S/c27-22(16-9-17-29-19-12-5-2-6-13-19)25-20-14-7-8-15-21(20)26-23(28)24-18-10-3-1-4-11-18/h1-8,10-15H,9,16-17H2,(H,25,27)(H2,24,26,28). The van der Waals surface area contributed by atoms with Crippen LogP contribution in [0.1, 0.15) is 12.8 Å². The van der Waals surface area contributed by atoms with Crippen LogP contribution in [0.3, 0.4) is 0 Å². The molecule has 0 fully saturated rings. The van der Waals surface area contributed by atoms with Crippen molar-refractivity contribution in [2.24, 2.45) is 0 Å². The van der Waals surface area contributed by atoms with E-state index in [0.717, 1.165) is 12.2 Å². The van der Waals surface area contributed by atoms with E-state index in [4.69, 9.17) is 0 Å². The Morgan fingerprint density at radius 2 is 1.28 bits per heavy atom. The number of rotatable bonds is 8. The number of thioether (sulfide) groups is 1. The summed E-state index contributed by atoms with van der Waals surface area (Å²) in [6, 6.07) is 26.1. The summed E-state index contributed by atoms with van der Waals surface area (Å²) in [7, 11) is 0. The van der Waals surface area contributed by atoms with Crippen molar-refractivity contribution >= 4 is 40.8 Å². The second kappa shape index (κ2) is 10.9. The van der Waals surface area contributed by atoms with Crippen LogP contribution in [0.4, 0.5) is 21.9 Å². The average molecular weight is 406 g/mol. The predicted octanol–water partition coefficient (Wildman–Crippen LogP) is 5.84. The fourth-order valence-corrected chi connectivity index (χ4v) is 3.53. The molecule has 0 radical (unpaired) electrons. The SMILES string of the molecule is O=C(CCCSc1ccccc1)Nc1ccccc1NC(=O)Nc1ccccc1. The number of para-hydroxylation sites is 3. The first-order valence-electron chi connectivity index (χ1n) is 9.40. The van der Waals surface area contributed by atoms with E-state index in [1.165, 1.54) is 4.90 Å². The van der Waals surface area contributed by atoms with E-state index in [2.05, 4.69) is 28.1 Å². The molecule has 0 spiro atoms. The minimum atomic E-state index is -0.364. The van der Waals surface area contributed by atoms with Gasteiger partial charge in [-0.15, -0.1) is 11.8 Å². The minimum Gasteiger partial charge on any atom is -0.324 e. The molecule has 0 aliphatic heterocycles. The molecular formula is C23H23N3O2S. The van der Waals surface area contributed by atoms with Gasteiger partial charge in [0, 0.05) is 17.0 Å². The second-order valence-electron chi connectivity index (χ2n) is 6.30. The van der Waals surface area contributed by atoms with E-state index in [0.29, 0.717) is 23.5 Å². The molecule has 0 unspecified atom stereocenters. The molecule has 0 aliphatic carbocycles. The number of urea groups is 1. The predicted molar refractivity (Wildman–Crippen MR) is 121 cm³/mol. The van der Waals surface area contributed by atoms with Gasteiger partial charge in [-0.2, -0.15) is 0 Å². The maximum atomic E-state index is 12.3. The molecular weight excluding hydrogens is 382 g/mol. The number of hydrogen-bond donors (Lipinski definition) is 3. The molecule has 0 atom stereocenters. The molecule has 0 bridgehead atoms. The zero-order valence-electron chi connectivity index (χ0n) is 15.9. The molecule has 3 rings (SSSR count). The molecule has 0 heterocycles. The highest BCUT2D eigenvalue weighted by molar-refractivity contribution is 7.99. The Morgan fingerprint density at radius 1 is 0.690 bits per heavy atom. The number of carbonyl (C=O) groups is 2. The molecule has 6 heteroatoms. The Labute approximate surface area is 174 Å². The zero-order valence-corrected chi connectivity index (χ0v) is 16.7. The maximum Gasteiger partial charge on any atom is 0.323 e. The molecule has 0 aliphatic rings. The van der Waals surface area contributed by atoms with Gasteiger partial charge in [-0.1, -0.05) is 48.5 Å². The molecule has 0 saturated carbocycles. The summed E-state index contributed by atoms with van der Waals surface area (Å²) in [6.45, 7) is 0. The van der Waals surface area contributed by atoms with Crippen molar-refractivity contribution in [3.8, 4) is 0 Å². The lowest BCUT2D eigenvalue weighted by Crippen LogP contribution is -2.21. The normalized spacial score (nSPS) is 10.2. The monoisotopic (exact) mass is 405 g/mol. The van der Waals surface area contributed by atoms with Crippen LogP contribution in [0.25, 0.3) is 0 Å². The first-order valence-corrected chi connectivity index (χ1v) is 10.4. The summed E-state index contributed by atoms with van der Waals surface area (Å²) < 4.78 is 0. The average Bonchev–Trinajstić information content (AvgIpc) is 2.74. The Balaban J connectivity index is 1.47. The maximum absolute atomic E-state index is 12.3. The Bertz CT molecular complexity index is 933. The summed E-state index contributed by atoms with van der Waals surface area (Å²) in [5.74, 6) is 0.799. The molecule has 5 nitrogen and oxygen atoms in total. The van der Waals surface area contributed by atoms with E-state index >= 15 is 0 Å². The van der Waals surface area contributed by atoms with Crippen LogP contribution in [0.5, 0.6) is 0 Å². The second-order valence-corrected chi connectivity index (χ2v) is 7.47. The lowest BCUT2D eigenvalue weighted by molar-refractivity contribution is -0.116. The molecule has 3 N–H and O–H groups in total. The van der Waals surface area contributed by atoms with Crippen molar-refractivity contribution < 1.29 is 9.59 Å². The van der Waals surface area contributed by atoms with E-state index in [-0.39, 0.29) is 11.9 Å². The third-order valence-corrected chi connectivity index (χ3v) is 5.14. The molecule has 0 saturated heterocycles. The quantitative estimate of drug-likeness (QED) is 0.326. The highest BCUT2D eigenvalue weighted by Gasteiger charge is 2.09. The van der Waals surface area contributed by atoms with Gasteiger partial charge in [-0.05, 0) is 48.6 Å². The zero-order chi connectivity index (χ0) is 20.3. The van der Waals surface area contributed by atoms with Gasteiger partial charge in [0.05, 0.1) is 11.4 Å². The van der Waals surface area contributed by atoms with Crippen LogP contribution in [0.15, 0.2) is 89.8 Å². The van der Waals surface area contributed by atoms with Gasteiger partial charge in [0.1, 0.15) is 0 Å². The van der Waals surface area contributed by atoms with E-state index in [1.807, 2.05) is 48.5 Å². The first kappa shape index (κ1) is 20.5. The summed E-state index contributed by atoms with van der Waals surface area (Å²) in [5.41, 5.74) is 1.83. The minimum absolute atomic E-state index is 0.0728. The van der Waals surface area contributed by atoms with Crippen molar-refractivity contribution in [1.82, 2.24) is 0 Å². The lowest BCUT2D eigenvalue weighted by atomic mass is 10.2. The van der Waals surface area contributed by atoms with Crippen LogP contribution in [0.2, 0.25) is 0 Å². The highest BCUT2D eigenvalue weighted by atomic mass is 32.2. The van der Waals surface area contributed by atoms with Gasteiger partial charge in [-0.3, -0.25) is 4.79 Å². The van der Waals surface area contributed by atoms with E-state index in [1.54, 1.807) is 36.0 Å². The van der Waals surface area contributed by atoms with Crippen LogP contribution in [-0.4, -0.2) is 17.7 Å². The fraction of sp³-hybridized carbons (Fsp3) is 0.130. The van der Waals surface area contributed by atoms with Gasteiger partial charge < -0.3 is 16.0 Å². The fourth-order valence-electron chi connectivity index (χ4n) is 2.66. The van der Waals surface area contributed by atoms with Crippen molar-refractivity contribution in [3.63, 3.8) is 0 Å². The highest BCUT2D eigenvalue weighted by Crippen LogP contribution is 2.22. The van der Waals surface area contributed by atoms with Crippen LogP contribution in [-0.2, 0) is 4.79 Å². The van der Waals surface area contributed by atoms with Crippen LogP contribution >= 0.6 is 11.8 Å². The van der Waals surface area contributed by atoms with Crippen molar-refractivity contribution in [1.29, 1.82) is 0 Å². The molecule has 3 aromatic rings. The number of nitrogens with one attached hydrogen (secondary N) is 3. The third-order valence-electron chi connectivity index (χ3n) is 4.04. The number of hydrogen-bond acceptors (Lipinski definition) is 3. The van der Waals surface area contributed by atoms with Gasteiger partial charge >= 0.3 is 6.03 Å². The molecule has 3 aromatic carbocycles. The number of benzene rings is 3. The number of amides is 3. The van der Waals surface area contributed by atoms with Crippen molar-refractivity contribution in [2.75, 3.05) is 21.7 Å². The topological polar surface area (TPSA) is 70.2 Å². The molecule has 0 aromatic heterocycles. The Kier molecular flexibility index (Phi) is 7.72. The lowest BCUT2D eigenvalue weighted by Gasteiger charge is -2.13. The Hall–Kier alpha value is -3.25. The molecule has 29 heavy (non-hydrogen) atoms. The van der Waals surface area contributed by atoms with Gasteiger partial charge in [-0.25, -0.2) is 4.79 Å². The van der Waals surface area contributed by atoms with Gasteiger partial charge in [0.25, 0.3) is 0 Å². The van der Waals surface area contributed by atoms with Crippen LogP contribution < -0.4 is 16.0 Å². The van der Waals surface area contributed by atoms with Crippen LogP contribution in [0, 0.1) is 0 Å².